The molecule has 2 aromatic carbocycles. The van der Waals surface area contributed by atoms with Crippen LogP contribution in [0.1, 0.15) is 35.9 Å². The first-order valence-corrected chi connectivity index (χ1v) is 8.38. The van der Waals surface area contributed by atoms with Gasteiger partial charge in [-0.05, 0) is 41.8 Å². The molecule has 0 saturated carbocycles. The van der Waals surface area contributed by atoms with E-state index in [1.807, 2.05) is 24.3 Å². The van der Waals surface area contributed by atoms with Crippen LogP contribution in [0, 0.1) is 0 Å². The first kappa shape index (κ1) is 16.8. The average Bonchev–Trinajstić information content (AvgIpc) is 2.56. The van der Waals surface area contributed by atoms with Gasteiger partial charge in [-0.2, -0.15) is 0 Å². The van der Waals surface area contributed by atoms with Gasteiger partial charge in [-0.1, -0.05) is 41.4 Å². The van der Waals surface area contributed by atoms with Crippen molar-refractivity contribution in [1.29, 1.82) is 0 Å². The van der Waals surface area contributed by atoms with E-state index < -0.39 is 0 Å². The molecule has 0 spiro atoms. The van der Waals surface area contributed by atoms with E-state index in [9.17, 15) is 9.59 Å². The van der Waals surface area contributed by atoms with Crippen LogP contribution in [-0.4, -0.2) is 12.3 Å². The molecule has 2 atom stereocenters. The maximum Gasteiger partial charge on any atom is 0.220 e. The van der Waals surface area contributed by atoms with Gasteiger partial charge in [0.15, 0.2) is 0 Å². The SMILES string of the molecule is O=CNc1cc(Cl)ccc1[C@H]1CCC(=O)N[C@H]1c1cccc(Cl)c1. The third-order valence-corrected chi connectivity index (χ3v) is 4.71. The predicted molar refractivity (Wildman–Crippen MR) is 95.4 cm³/mol. The molecule has 2 amide bonds. The van der Waals surface area contributed by atoms with Crippen molar-refractivity contribution in [2.75, 3.05) is 5.32 Å². The number of carbonyl (C=O) groups excluding carboxylic acids is 2. The van der Waals surface area contributed by atoms with Crippen LogP contribution in [0.4, 0.5) is 5.69 Å². The Kier molecular flexibility index (Phi) is 5.07. The Morgan fingerprint density at radius 1 is 1.12 bits per heavy atom. The average molecular weight is 363 g/mol. The van der Waals surface area contributed by atoms with Gasteiger partial charge in [-0.25, -0.2) is 0 Å². The van der Waals surface area contributed by atoms with E-state index >= 15 is 0 Å². The minimum atomic E-state index is -0.210. The van der Waals surface area contributed by atoms with Crippen LogP contribution < -0.4 is 10.6 Å². The first-order chi connectivity index (χ1) is 11.6. The van der Waals surface area contributed by atoms with Crippen molar-refractivity contribution >= 4 is 41.2 Å². The van der Waals surface area contributed by atoms with Crippen LogP contribution in [0.3, 0.4) is 0 Å². The number of rotatable bonds is 4. The van der Waals surface area contributed by atoms with E-state index in [2.05, 4.69) is 10.6 Å². The molecule has 124 valence electrons. The molecule has 0 bridgehead atoms. The van der Waals surface area contributed by atoms with Gasteiger partial charge < -0.3 is 10.6 Å². The quantitative estimate of drug-likeness (QED) is 0.796. The molecule has 6 heteroatoms. The maximum absolute atomic E-state index is 11.9. The van der Waals surface area contributed by atoms with E-state index in [1.54, 1.807) is 18.2 Å². The molecule has 0 radical (unpaired) electrons. The number of anilines is 1. The van der Waals surface area contributed by atoms with Crippen molar-refractivity contribution in [2.45, 2.75) is 24.8 Å². The molecule has 24 heavy (non-hydrogen) atoms. The third kappa shape index (κ3) is 3.55. The molecule has 1 saturated heterocycles. The lowest BCUT2D eigenvalue weighted by Crippen LogP contribution is -2.37. The van der Waals surface area contributed by atoms with Crippen molar-refractivity contribution in [1.82, 2.24) is 5.32 Å². The molecule has 0 unspecified atom stereocenters. The molecule has 3 rings (SSSR count). The normalized spacial score (nSPS) is 20.3. The van der Waals surface area contributed by atoms with Crippen molar-refractivity contribution in [2.24, 2.45) is 0 Å². The molecule has 1 aliphatic rings. The summed E-state index contributed by atoms with van der Waals surface area (Å²) in [5.74, 6) is 0.0240. The lowest BCUT2D eigenvalue weighted by molar-refractivity contribution is -0.123. The second-order valence-electron chi connectivity index (χ2n) is 5.74. The largest absolute Gasteiger partial charge is 0.349 e. The minimum Gasteiger partial charge on any atom is -0.349 e. The van der Waals surface area contributed by atoms with Crippen molar-refractivity contribution in [3.63, 3.8) is 0 Å². The number of carbonyl (C=O) groups is 2. The summed E-state index contributed by atoms with van der Waals surface area (Å²) >= 11 is 12.2. The number of nitrogens with one attached hydrogen (secondary N) is 2. The summed E-state index contributed by atoms with van der Waals surface area (Å²) in [7, 11) is 0. The molecule has 1 aliphatic heterocycles. The minimum absolute atomic E-state index is 0.00934. The molecule has 0 aromatic heterocycles. The number of hydrogen-bond donors (Lipinski definition) is 2. The maximum atomic E-state index is 11.9. The van der Waals surface area contributed by atoms with Crippen molar-refractivity contribution in [3.05, 3.63) is 63.6 Å². The van der Waals surface area contributed by atoms with Gasteiger partial charge in [0, 0.05) is 28.1 Å². The Hall–Kier alpha value is -2.04. The van der Waals surface area contributed by atoms with Gasteiger partial charge in [0.05, 0.1) is 6.04 Å². The number of benzene rings is 2. The second kappa shape index (κ2) is 7.24. The predicted octanol–water partition coefficient (Wildman–Crippen LogP) is 4.30. The highest BCUT2D eigenvalue weighted by Gasteiger charge is 2.32. The van der Waals surface area contributed by atoms with Gasteiger partial charge in [0.2, 0.25) is 12.3 Å². The highest BCUT2D eigenvalue weighted by molar-refractivity contribution is 6.31. The summed E-state index contributed by atoms with van der Waals surface area (Å²) in [5, 5.41) is 6.91. The number of piperidine rings is 1. The molecular formula is C18H16Cl2N2O2. The highest BCUT2D eigenvalue weighted by atomic mass is 35.5. The van der Waals surface area contributed by atoms with E-state index in [4.69, 9.17) is 23.2 Å². The summed E-state index contributed by atoms with van der Waals surface area (Å²) < 4.78 is 0. The fraction of sp³-hybridized carbons (Fsp3) is 0.222. The zero-order valence-corrected chi connectivity index (χ0v) is 14.3. The van der Waals surface area contributed by atoms with Crippen LogP contribution in [0.2, 0.25) is 10.0 Å². The van der Waals surface area contributed by atoms with Gasteiger partial charge in [-0.3, -0.25) is 9.59 Å². The van der Waals surface area contributed by atoms with Crippen LogP contribution in [0.5, 0.6) is 0 Å². The fourth-order valence-corrected chi connectivity index (χ4v) is 3.56. The van der Waals surface area contributed by atoms with Crippen molar-refractivity contribution < 1.29 is 9.59 Å². The smallest absolute Gasteiger partial charge is 0.220 e. The molecule has 2 N–H and O–H groups in total. The standard InChI is InChI=1S/C18H16Cl2N2O2/c19-12-3-1-2-11(8-12)18-15(6-7-17(24)22-18)14-5-4-13(20)9-16(14)21-10-23/h1-5,8-10,15,18H,6-7H2,(H,21,23)(H,22,24)/t15-,18+/m1/s1. The summed E-state index contributed by atoms with van der Waals surface area (Å²) in [6, 6.07) is 12.7. The van der Waals surface area contributed by atoms with E-state index in [0.717, 1.165) is 11.1 Å². The molecule has 1 heterocycles. The monoisotopic (exact) mass is 362 g/mol. The number of halogens is 2. The van der Waals surface area contributed by atoms with Crippen molar-refractivity contribution in [3.8, 4) is 0 Å². The Bertz CT molecular complexity index is 779. The van der Waals surface area contributed by atoms with Gasteiger partial charge >= 0.3 is 0 Å². The van der Waals surface area contributed by atoms with Crippen LogP contribution >= 0.6 is 23.2 Å². The first-order valence-electron chi connectivity index (χ1n) is 7.63. The summed E-state index contributed by atoms with van der Waals surface area (Å²) in [5.41, 5.74) is 2.54. The van der Waals surface area contributed by atoms with Gasteiger partial charge in [-0.15, -0.1) is 0 Å². The molecule has 0 aliphatic carbocycles. The Morgan fingerprint density at radius 2 is 1.92 bits per heavy atom. The van der Waals surface area contributed by atoms with Crippen LogP contribution in [0.25, 0.3) is 0 Å². The summed E-state index contributed by atoms with van der Waals surface area (Å²) in [6.07, 6.45) is 1.74. The Labute approximate surface area is 150 Å². The second-order valence-corrected chi connectivity index (χ2v) is 6.61. The number of amides is 2. The van der Waals surface area contributed by atoms with E-state index in [-0.39, 0.29) is 17.9 Å². The molecule has 4 nitrogen and oxygen atoms in total. The van der Waals surface area contributed by atoms with Gasteiger partial charge in [0.25, 0.3) is 0 Å². The fourth-order valence-electron chi connectivity index (χ4n) is 3.19. The lowest BCUT2D eigenvalue weighted by atomic mass is 9.80. The summed E-state index contributed by atoms with van der Waals surface area (Å²) in [4.78, 5) is 22.9. The van der Waals surface area contributed by atoms with Gasteiger partial charge in [0.1, 0.15) is 0 Å². The topological polar surface area (TPSA) is 58.2 Å². The van der Waals surface area contributed by atoms with E-state index in [1.165, 1.54) is 0 Å². The zero-order valence-electron chi connectivity index (χ0n) is 12.8. The Morgan fingerprint density at radius 3 is 2.67 bits per heavy atom. The third-order valence-electron chi connectivity index (χ3n) is 4.24. The lowest BCUT2D eigenvalue weighted by Gasteiger charge is -2.34. The van der Waals surface area contributed by atoms with Crippen LogP contribution in [-0.2, 0) is 9.59 Å². The Balaban J connectivity index is 2.04. The van der Waals surface area contributed by atoms with Crippen LogP contribution in [0.15, 0.2) is 42.5 Å². The summed E-state index contributed by atoms with van der Waals surface area (Å²) in [6.45, 7) is 0. The van der Waals surface area contributed by atoms with E-state index in [0.29, 0.717) is 35.0 Å². The molecular weight excluding hydrogens is 347 g/mol. The molecule has 1 fully saturated rings. The highest BCUT2D eigenvalue weighted by Crippen LogP contribution is 2.41. The number of hydrogen-bond acceptors (Lipinski definition) is 2. The zero-order chi connectivity index (χ0) is 17.1. The molecule has 2 aromatic rings.